The molecule has 0 spiro atoms. The Labute approximate surface area is 137 Å². The van der Waals surface area contributed by atoms with Gasteiger partial charge in [-0.15, -0.1) is 0 Å². The minimum atomic E-state index is -0.678. The molecule has 23 heavy (non-hydrogen) atoms. The van der Waals surface area contributed by atoms with Gasteiger partial charge in [0.1, 0.15) is 11.6 Å². The van der Waals surface area contributed by atoms with Crippen molar-refractivity contribution < 1.29 is 23.9 Å². The number of carbonyl (C=O) groups excluding carboxylic acids is 3. The van der Waals surface area contributed by atoms with Crippen molar-refractivity contribution in [2.24, 2.45) is 5.92 Å². The first kappa shape index (κ1) is 19.3. The molecule has 0 aromatic heterocycles. The first-order chi connectivity index (χ1) is 10.6. The molecule has 1 aliphatic rings. The van der Waals surface area contributed by atoms with Crippen molar-refractivity contribution in [1.29, 1.82) is 0 Å². The molecule has 1 aliphatic heterocycles. The van der Waals surface area contributed by atoms with Crippen LogP contribution in [0.25, 0.3) is 0 Å². The number of ether oxygens (including phenoxy) is 2. The molecule has 1 fully saturated rings. The van der Waals surface area contributed by atoms with Crippen LogP contribution in [0.4, 0.5) is 4.79 Å². The van der Waals surface area contributed by atoms with Crippen molar-refractivity contribution in [1.82, 2.24) is 10.2 Å². The van der Waals surface area contributed by atoms with E-state index in [0.29, 0.717) is 31.8 Å². The monoisotopic (exact) mass is 328 g/mol. The maximum atomic E-state index is 12.1. The van der Waals surface area contributed by atoms with E-state index in [1.807, 2.05) is 13.8 Å². The predicted octanol–water partition coefficient (Wildman–Crippen LogP) is 1.70. The summed E-state index contributed by atoms with van der Waals surface area (Å²) < 4.78 is 10.3. The van der Waals surface area contributed by atoms with Crippen LogP contribution in [0.3, 0.4) is 0 Å². The van der Waals surface area contributed by atoms with Gasteiger partial charge in [-0.2, -0.15) is 0 Å². The first-order valence-corrected chi connectivity index (χ1v) is 8.03. The highest BCUT2D eigenvalue weighted by Crippen LogP contribution is 2.21. The number of nitrogens with zero attached hydrogens (tertiary/aromatic N) is 1. The van der Waals surface area contributed by atoms with E-state index in [0.717, 1.165) is 0 Å². The van der Waals surface area contributed by atoms with Gasteiger partial charge in [-0.3, -0.25) is 9.69 Å². The third-order valence-corrected chi connectivity index (χ3v) is 3.21. The fourth-order valence-corrected chi connectivity index (χ4v) is 2.15. The molecule has 0 aromatic rings. The van der Waals surface area contributed by atoms with Crippen LogP contribution >= 0.6 is 0 Å². The van der Waals surface area contributed by atoms with Crippen molar-refractivity contribution in [3.05, 3.63) is 0 Å². The molecule has 1 heterocycles. The standard InChI is InChI=1S/C16H28N2O5/c1-11(2)9-17-13(19)10-22-14(20)12-7-6-8-18(12)15(21)23-16(3,4)5/h11-12H,6-10H2,1-5H3,(H,17,19)/t12-/m0/s1. The highest BCUT2D eigenvalue weighted by molar-refractivity contribution is 5.85. The summed E-state index contributed by atoms with van der Waals surface area (Å²) >= 11 is 0. The van der Waals surface area contributed by atoms with Gasteiger partial charge in [-0.05, 0) is 39.5 Å². The van der Waals surface area contributed by atoms with Crippen LogP contribution in [0.2, 0.25) is 0 Å². The van der Waals surface area contributed by atoms with Gasteiger partial charge < -0.3 is 14.8 Å². The van der Waals surface area contributed by atoms with E-state index in [1.165, 1.54) is 4.90 Å². The highest BCUT2D eigenvalue weighted by Gasteiger charge is 2.37. The number of hydrogen-bond donors (Lipinski definition) is 1. The van der Waals surface area contributed by atoms with Crippen LogP contribution in [-0.4, -0.2) is 54.2 Å². The zero-order valence-electron chi connectivity index (χ0n) is 14.7. The maximum absolute atomic E-state index is 12.1. The van der Waals surface area contributed by atoms with Crippen molar-refractivity contribution in [2.45, 2.75) is 59.1 Å². The summed E-state index contributed by atoms with van der Waals surface area (Å²) in [5.74, 6) is -0.575. The first-order valence-electron chi connectivity index (χ1n) is 8.03. The topological polar surface area (TPSA) is 84.9 Å². The van der Waals surface area contributed by atoms with Crippen LogP contribution in [0.5, 0.6) is 0 Å². The summed E-state index contributed by atoms with van der Waals surface area (Å²) in [6.45, 7) is 9.92. The van der Waals surface area contributed by atoms with Crippen LogP contribution in [0.15, 0.2) is 0 Å². The highest BCUT2D eigenvalue weighted by atomic mass is 16.6. The molecular formula is C16H28N2O5. The van der Waals surface area contributed by atoms with Gasteiger partial charge in [0.2, 0.25) is 0 Å². The fraction of sp³-hybridized carbons (Fsp3) is 0.812. The molecule has 0 radical (unpaired) electrons. The third kappa shape index (κ3) is 6.88. The van der Waals surface area contributed by atoms with Gasteiger partial charge in [0, 0.05) is 13.1 Å². The van der Waals surface area contributed by atoms with Crippen molar-refractivity contribution >= 4 is 18.0 Å². The second-order valence-corrected chi connectivity index (χ2v) is 7.14. The lowest BCUT2D eigenvalue weighted by atomic mass is 10.2. The molecule has 2 amide bonds. The average Bonchev–Trinajstić information content (AvgIpc) is 2.90. The summed E-state index contributed by atoms with van der Waals surface area (Å²) in [5, 5.41) is 2.67. The summed E-state index contributed by atoms with van der Waals surface area (Å²) in [6, 6.07) is -0.678. The zero-order valence-corrected chi connectivity index (χ0v) is 14.7. The molecular weight excluding hydrogens is 300 g/mol. The Morgan fingerprint density at radius 2 is 1.91 bits per heavy atom. The van der Waals surface area contributed by atoms with Gasteiger partial charge in [-0.25, -0.2) is 9.59 Å². The van der Waals surface area contributed by atoms with Crippen LogP contribution in [-0.2, 0) is 19.1 Å². The molecule has 0 unspecified atom stereocenters. The van der Waals surface area contributed by atoms with E-state index in [9.17, 15) is 14.4 Å². The fourth-order valence-electron chi connectivity index (χ4n) is 2.15. The number of likely N-dealkylation sites (tertiary alicyclic amines) is 1. The molecule has 1 rings (SSSR count). The zero-order chi connectivity index (χ0) is 17.6. The second-order valence-electron chi connectivity index (χ2n) is 7.14. The summed E-state index contributed by atoms with van der Waals surface area (Å²) in [4.78, 5) is 37.2. The lowest BCUT2D eigenvalue weighted by molar-refractivity contribution is -0.152. The second kappa shape index (κ2) is 8.17. The van der Waals surface area contributed by atoms with E-state index in [2.05, 4.69) is 5.32 Å². The summed E-state index contributed by atoms with van der Waals surface area (Å²) in [7, 11) is 0. The van der Waals surface area contributed by atoms with Crippen molar-refractivity contribution in [3.63, 3.8) is 0 Å². The van der Waals surface area contributed by atoms with Crippen molar-refractivity contribution in [2.75, 3.05) is 19.7 Å². The lowest BCUT2D eigenvalue weighted by Crippen LogP contribution is -2.44. The Balaban J connectivity index is 2.48. The Kier molecular flexibility index (Phi) is 6.84. The molecule has 0 aromatic carbocycles. The van der Waals surface area contributed by atoms with Gasteiger partial charge in [0.25, 0.3) is 5.91 Å². The SMILES string of the molecule is CC(C)CNC(=O)COC(=O)[C@@H]1CCCN1C(=O)OC(C)(C)C. The molecule has 0 aliphatic carbocycles. The predicted molar refractivity (Wildman–Crippen MR) is 84.8 cm³/mol. The van der Waals surface area contributed by atoms with E-state index < -0.39 is 23.7 Å². The summed E-state index contributed by atoms with van der Waals surface area (Å²) in [5.41, 5.74) is -0.620. The Hall–Kier alpha value is -1.79. The molecule has 0 bridgehead atoms. The van der Waals surface area contributed by atoms with Crippen molar-refractivity contribution in [3.8, 4) is 0 Å². The van der Waals surface area contributed by atoms with Gasteiger partial charge in [-0.1, -0.05) is 13.8 Å². The lowest BCUT2D eigenvalue weighted by Gasteiger charge is -2.27. The van der Waals surface area contributed by atoms with Crippen LogP contribution in [0, 0.1) is 5.92 Å². The summed E-state index contributed by atoms with van der Waals surface area (Å²) in [6.07, 6.45) is 0.700. The largest absolute Gasteiger partial charge is 0.454 e. The molecule has 132 valence electrons. The Bertz CT molecular complexity index is 442. The third-order valence-electron chi connectivity index (χ3n) is 3.21. The number of rotatable bonds is 5. The molecule has 7 heteroatoms. The van der Waals surface area contributed by atoms with E-state index in [1.54, 1.807) is 20.8 Å². The minimum absolute atomic E-state index is 0.326. The minimum Gasteiger partial charge on any atom is -0.454 e. The number of carbonyl (C=O) groups is 3. The van der Waals surface area contributed by atoms with Crippen LogP contribution < -0.4 is 5.32 Å². The number of amides is 2. The quantitative estimate of drug-likeness (QED) is 0.777. The van der Waals surface area contributed by atoms with Gasteiger partial charge in [0.05, 0.1) is 0 Å². The normalized spacial score (nSPS) is 18.0. The van der Waals surface area contributed by atoms with E-state index in [-0.39, 0.29) is 12.5 Å². The number of hydrogen-bond acceptors (Lipinski definition) is 5. The molecule has 7 nitrogen and oxygen atoms in total. The average molecular weight is 328 g/mol. The number of nitrogens with one attached hydrogen (secondary N) is 1. The maximum Gasteiger partial charge on any atom is 0.411 e. The van der Waals surface area contributed by atoms with E-state index >= 15 is 0 Å². The molecule has 0 saturated carbocycles. The van der Waals surface area contributed by atoms with Crippen LogP contribution in [0.1, 0.15) is 47.5 Å². The molecule has 1 saturated heterocycles. The van der Waals surface area contributed by atoms with Gasteiger partial charge >= 0.3 is 12.1 Å². The van der Waals surface area contributed by atoms with E-state index in [4.69, 9.17) is 9.47 Å². The molecule has 1 atom stereocenters. The van der Waals surface area contributed by atoms with Gasteiger partial charge in [0.15, 0.2) is 6.61 Å². The Morgan fingerprint density at radius 1 is 1.26 bits per heavy atom. The Morgan fingerprint density at radius 3 is 2.48 bits per heavy atom. The smallest absolute Gasteiger partial charge is 0.411 e. The number of esters is 1. The molecule has 1 N–H and O–H groups in total.